The summed E-state index contributed by atoms with van der Waals surface area (Å²) in [6, 6.07) is 0. The molecule has 1 saturated carbocycles. The first-order chi connectivity index (χ1) is 5.32. The van der Waals surface area contributed by atoms with Gasteiger partial charge in [0, 0.05) is 17.8 Å². The van der Waals surface area contributed by atoms with Crippen LogP contribution in [-0.2, 0) is 0 Å². The maximum atomic E-state index is 4.12. The van der Waals surface area contributed by atoms with Crippen molar-refractivity contribution in [2.75, 3.05) is 6.54 Å². The summed E-state index contributed by atoms with van der Waals surface area (Å²) >= 11 is 0. The van der Waals surface area contributed by atoms with Crippen LogP contribution in [0.3, 0.4) is 0 Å². The molecule has 11 heavy (non-hydrogen) atoms. The molecule has 0 unspecified atom stereocenters. The van der Waals surface area contributed by atoms with Crippen molar-refractivity contribution in [2.45, 2.75) is 31.2 Å². The fraction of sp³-hybridized carbons (Fsp3) is 0.600. The van der Waals surface area contributed by atoms with Crippen molar-refractivity contribution in [3.8, 4) is 0 Å². The lowest BCUT2D eigenvalue weighted by Crippen LogP contribution is -2.27. The molecule has 0 bridgehead atoms. The summed E-state index contributed by atoms with van der Waals surface area (Å²) < 4.78 is 0. The molecule has 0 radical (unpaired) electrons. The summed E-state index contributed by atoms with van der Waals surface area (Å²) in [6.07, 6.45) is 7.66. The van der Waals surface area contributed by atoms with Crippen LogP contribution in [0.2, 0.25) is 0 Å². The van der Waals surface area contributed by atoms with Crippen molar-refractivity contribution in [1.29, 1.82) is 0 Å². The summed E-state index contributed by atoms with van der Waals surface area (Å²) in [5, 5.41) is 0. The zero-order valence-corrected chi connectivity index (χ0v) is 6.77. The minimum absolute atomic E-state index is 0.583. The average Bonchev–Trinajstić information content (AvgIpc) is 2.52. The number of hydrogen-bond donors (Lipinski definition) is 0. The zero-order valence-electron chi connectivity index (χ0n) is 6.77. The van der Waals surface area contributed by atoms with Gasteiger partial charge in [-0.25, -0.2) is 0 Å². The Labute approximate surface area is 67.4 Å². The molecule has 2 aliphatic heterocycles. The largest absolute Gasteiger partial charge is 0.365 e. The van der Waals surface area contributed by atoms with E-state index in [0.717, 1.165) is 0 Å². The van der Waals surface area contributed by atoms with Gasteiger partial charge in [0.05, 0.1) is 0 Å². The average molecular weight is 147 g/mol. The van der Waals surface area contributed by atoms with E-state index in [9.17, 15) is 0 Å². The fourth-order valence-electron chi connectivity index (χ4n) is 2.56. The minimum Gasteiger partial charge on any atom is -0.365 e. The molecular formula is C10H13N. The van der Waals surface area contributed by atoms with Crippen LogP contribution in [0, 0.1) is 0 Å². The quantitative estimate of drug-likeness (QED) is 0.507. The molecule has 0 aromatic heterocycles. The van der Waals surface area contributed by atoms with E-state index in [1.807, 2.05) is 0 Å². The summed E-state index contributed by atoms with van der Waals surface area (Å²) in [4.78, 5) is 2.59. The molecule has 1 saturated heterocycles. The SMILES string of the molecule is C=C1CC2(CC2)N2CCC=C12. The number of hydrogen-bond acceptors (Lipinski definition) is 1. The van der Waals surface area contributed by atoms with Crippen LogP contribution in [0.25, 0.3) is 0 Å². The highest BCUT2D eigenvalue weighted by molar-refractivity contribution is 5.42. The van der Waals surface area contributed by atoms with Crippen molar-refractivity contribution < 1.29 is 0 Å². The van der Waals surface area contributed by atoms with Gasteiger partial charge in [0.1, 0.15) is 0 Å². The molecule has 3 aliphatic rings. The van der Waals surface area contributed by atoms with Crippen LogP contribution in [0.4, 0.5) is 0 Å². The second-order valence-electron chi connectivity index (χ2n) is 4.03. The smallest absolute Gasteiger partial charge is 0.0444 e. The molecule has 0 aromatic rings. The molecule has 2 fully saturated rings. The van der Waals surface area contributed by atoms with Crippen molar-refractivity contribution in [1.82, 2.24) is 4.90 Å². The predicted molar refractivity (Wildman–Crippen MR) is 45.1 cm³/mol. The normalized spacial score (nSPS) is 31.1. The van der Waals surface area contributed by atoms with Gasteiger partial charge in [-0.05, 0) is 31.3 Å². The van der Waals surface area contributed by atoms with Gasteiger partial charge in [-0.2, -0.15) is 0 Å². The first-order valence-corrected chi connectivity index (χ1v) is 4.48. The highest BCUT2D eigenvalue weighted by Crippen LogP contribution is 2.56. The lowest BCUT2D eigenvalue weighted by molar-refractivity contribution is 0.296. The topological polar surface area (TPSA) is 3.24 Å². The van der Waals surface area contributed by atoms with Crippen molar-refractivity contribution in [3.63, 3.8) is 0 Å². The van der Waals surface area contributed by atoms with Crippen molar-refractivity contribution in [3.05, 3.63) is 23.9 Å². The third kappa shape index (κ3) is 0.574. The van der Waals surface area contributed by atoms with E-state index >= 15 is 0 Å². The monoisotopic (exact) mass is 147 g/mol. The van der Waals surface area contributed by atoms with Gasteiger partial charge in [0.2, 0.25) is 0 Å². The number of allylic oxidation sites excluding steroid dienone is 1. The van der Waals surface area contributed by atoms with Crippen LogP contribution >= 0.6 is 0 Å². The Kier molecular flexibility index (Phi) is 0.826. The second kappa shape index (κ2) is 1.55. The number of rotatable bonds is 0. The van der Waals surface area contributed by atoms with Crippen molar-refractivity contribution >= 4 is 0 Å². The molecule has 0 amide bonds. The van der Waals surface area contributed by atoms with Gasteiger partial charge in [-0.1, -0.05) is 12.7 Å². The van der Waals surface area contributed by atoms with E-state index < -0.39 is 0 Å². The number of fused-ring (bicyclic) bond motifs is 2. The van der Waals surface area contributed by atoms with Gasteiger partial charge < -0.3 is 4.90 Å². The Morgan fingerprint density at radius 1 is 1.45 bits per heavy atom. The molecule has 1 spiro atoms. The Morgan fingerprint density at radius 3 is 3.00 bits per heavy atom. The fourth-order valence-corrected chi connectivity index (χ4v) is 2.56. The molecule has 0 atom stereocenters. The molecule has 2 heterocycles. The third-order valence-electron chi connectivity index (χ3n) is 3.29. The van der Waals surface area contributed by atoms with Crippen molar-refractivity contribution in [2.24, 2.45) is 0 Å². The summed E-state index contributed by atoms with van der Waals surface area (Å²) in [7, 11) is 0. The standard InChI is InChI=1S/C10H13N/c1-8-7-10(4-5-10)11-6-2-3-9(8)11/h3H,1-2,4-7H2. The van der Waals surface area contributed by atoms with Crippen LogP contribution in [0.15, 0.2) is 23.9 Å². The predicted octanol–water partition coefficient (Wildman–Crippen LogP) is 2.07. The third-order valence-corrected chi connectivity index (χ3v) is 3.29. The Bertz CT molecular complexity index is 258. The summed E-state index contributed by atoms with van der Waals surface area (Å²) in [6.45, 7) is 5.38. The van der Waals surface area contributed by atoms with Crippen LogP contribution < -0.4 is 0 Å². The molecule has 1 aliphatic carbocycles. The van der Waals surface area contributed by atoms with E-state index in [1.54, 1.807) is 0 Å². The minimum atomic E-state index is 0.583. The van der Waals surface area contributed by atoms with Gasteiger partial charge in [-0.3, -0.25) is 0 Å². The maximum absolute atomic E-state index is 4.12. The second-order valence-corrected chi connectivity index (χ2v) is 4.03. The molecule has 0 N–H and O–H groups in total. The molecule has 58 valence electrons. The Balaban J connectivity index is 2.07. The molecule has 0 aromatic carbocycles. The van der Waals surface area contributed by atoms with Gasteiger partial charge in [-0.15, -0.1) is 0 Å². The Morgan fingerprint density at radius 2 is 2.27 bits per heavy atom. The lowest BCUT2D eigenvalue weighted by Gasteiger charge is -2.22. The van der Waals surface area contributed by atoms with E-state index in [4.69, 9.17) is 0 Å². The zero-order chi connectivity index (χ0) is 7.47. The van der Waals surface area contributed by atoms with E-state index in [2.05, 4.69) is 17.6 Å². The lowest BCUT2D eigenvalue weighted by atomic mass is 10.1. The first-order valence-electron chi connectivity index (χ1n) is 4.48. The highest BCUT2D eigenvalue weighted by Gasteiger charge is 2.54. The molecule has 1 nitrogen and oxygen atoms in total. The van der Waals surface area contributed by atoms with E-state index in [0.29, 0.717) is 5.54 Å². The van der Waals surface area contributed by atoms with E-state index in [1.165, 1.54) is 43.5 Å². The molecular weight excluding hydrogens is 134 g/mol. The van der Waals surface area contributed by atoms with E-state index in [-0.39, 0.29) is 0 Å². The van der Waals surface area contributed by atoms with Crippen LogP contribution in [0.5, 0.6) is 0 Å². The molecule has 1 heteroatoms. The summed E-state index contributed by atoms with van der Waals surface area (Å²) in [5.74, 6) is 0. The number of nitrogens with zero attached hydrogens (tertiary/aromatic N) is 1. The van der Waals surface area contributed by atoms with Gasteiger partial charge >= 0.3 is 0 Å². The van der Waals surface area contributed by atoms with Crippen LogP contribution in [-0.4, -0.2) is 17.0 Å². The Hall–Kier alpha value is -0.720. The highest BCUT2D eigenvalue weighted by atomic mass is 15.3. The molecule has 3 rings (SSSR count). The maximum Gasteiger partial charge on any atom is 0.0444 e. The van der Waals surface area contributed by atoms with Crippen LogP contribution in [0.1, 0.15) is 25.7 Å². The van der Waals surface area contributed by atoms with Gasteiger partial charge in [0.15, 0.2) is 0 Å². The summed E-state index contributed by atoms with van der Waals surface area (Å²) in [5.41, 5.74) is 3.45. The first kappa shape index (κ1) is 5.87. The van der Waals surface area contributed by atoms with Gasteiger partial charge in [0.25, 0.3) is 0 Å².